The monoisotopic (exact) mass is 191 g/mol. The highest BCUT2D eigenvalue weighted by Gasteiger charge is 2.24. The fourth-order valence-corrected chi connectivity index (χ4v) is 1.62. The zero-order chi connectivity index (χ0) is 9.97. The molecule has 1 aromatic heterocycles. The van der Waals surface area contributed by atoms with Gasteiger partial charge in [0.1, 0.15) is 5.82 Å². The Morgan fingerprint density at radius 3 is 2.86 bits per heavy atom. The third kappa shape index (κ3) is 2.23. The number of rotatable bonds is 4. The van der Waals surface area contributed by atoms with Crippen LogP contribution in [0.25, 0.3) is 0 Å². The molecule has 2 rings (SSSR count). The van der Waals surface area contributed by atoms with Gasteiger partial charge in [0.25, 0.3) is 0 Å². The Hall–Kier alpha value is -1.09. The van der Waals surface area contributed by atoms with E-state index in [-0.39, 0.29) is 6.04 Å². The van der Waals surface area contributed by atoms with Crippen LogP contribution >= 0.6 is 0 Å². The SMILES string of the molecule is CNc1ccc(C(N)CC2CC2)cn1. The standard InChI is InChI=1S/C11H17N3/c1-13-11-5-4-9(7-14-11)10(12)6-8-2-3-8/h4-5,7-8,10H,2-3,6,12H2,1H3,(H,13,14). The van der Waals surface area contributed by atoms with E-state index in [1.807, 2.05) is 19.3 Å². The van der Waals surface area contributed by atoms with Crippen molar-refractivity contribution in [2.45, 2.75) is 25.3 Å². The van der Waals surface area contributed by atoms with E-state index < -0.39 is 0 Å². The first-order valence-electron chi connectivity index (χ1n) is 5.19. The number of nitrogens with one attached hydrogen (secondary N) is 1. The Kier molecular flexibility index (Phi) is 2.68. The Labute approximate surface area is 84.7 Å². The molecule has 1 saturated carbocycles. The van der Waals surface area contributed by atoms with Crippen LogP contribution in [0.1, 0.15) is 30.9 Å². The van der Waals surface area contributed by atoms with Crippen LogP contribution in [0.4, 0.5) is 5.82 Å². The molecule has 1 aliphatic rings. The Morgan fingerprint density at radius 2 is 2.36 bits per heavy atom. The smallest absolute Gasteiger partial charge is 0.125 e. The molecule has 0 aliphatic heterocycles. The minimum absolute atomic E-state index is 0.168. The van der Waals surface area contributed by atoms with Crippen molar-refractivity contribution < 1.29 is 0 Å². The molecule has 0 spiro atoms. The van der Waals surface area contributed by atoms with Crippen LogP contribution in [0.3, 0.4) is 0 Å². The van der Waals surface area contributed by atoms with Crippen molar-refractivity contribution in [2.24, 2.45) is 11.7 Å². The molecule has 1 atom stereocenters. The van der Waals surface area contributed by atoms with Crippen molar-refractivity contribution in [3.63, 3.8) is 0 Å². The van der Waals surface area contributed by atoms with Gasteiger partial charge in [0, 0.05) is 19.3 Å². The van der Waals surface area contributed by atoms with Crippen LogP contribution in [0.5, 0.6) is 0 Å². The Bertz CT molecular complexity index is 290. The van der Waals surface area contributed by atoms with E-state index in [4.69, 9.17) is 5.73 Å². The topological polar surface area (TPSA) is 50.9 Å². The zero-order valence-electron chi connectivity index (χ0n) is 8.53. The molecule has 1 fully saturated rings. The quantitative estimate of drug-likeness (QED) is 0.764. The van der Waals surface area contributed by atoms with E-state index in [0.29, 0.717) is 0 Å². The van der Waals surface area contributed by atoms with Crippen LogP contribution in [0.15, 0.2) is 18.3 Å². The first-order chi connectivity index (χ1) is 6.79. The minimum atomic E-state index is 0.168. The summed E-state index contributed by atoms with van der Waals surface area (Å²) < 4.78 is 0. The predicted octanol–water partition coefficient (Wildman–Crippen LogP) is 1.92. The Morgan fingerprint density at radius 1 is 1.57 bits per heavy atom. The molecule has 1 heterocycles. The number of aromatic nitrogens is 1. The van der Waals surface area contributed by atoms with Crippen molar-refractivity contribution in [2.75, 3.05) is 12.4 Å². The second-order valence-corrected chi connectivity index (χ2v) is 4.01. The second kappa shape index (κ2) is 3.96. The molecule has 14 heavy (non-hydrogen) atoms. The van der Waals surface area contributed by atoms with E-state index in [9.17, 15) is 0 Å². The number of hydrogen-bond donors (Lipinski definition) is 2. The highest BCUT2D eigenvalue weighted by Crippen LogP contribution is 2.36. The van der Waals surface area contributed by atoms with Gasteiger partial charge in [-0.1, -0.05) is 18.9 Å². The molecule has 1 unspecified atom stereocenters. The first kappa shape index (κ1) is 9.46. The summed E-state index contributed by atoms with van der Waals surface area (Å²) in [6.07, 6.45) is 5.70. The van der Waals surface area contributed by atoms with Crippen LogP contribution in [-0.4, -0.2) is 12.0 Å². The Balaban J connectivity index is 1.99. The molecule has 1 aromatic rings. The van der Waals surface area contributed by atoms with Gasteiger partial charge < -0.3 is 11.1 Å². The van der Waals surface area contributed by atoms with Gasteiger partial charge in [-0.05, 0) is 24.0 Å². The average molecular weight is 191 g/mol. The molecule has 0 aromatic carbocycles. The third-order valence-electron chi connectivity index (χ3n) is 2.75. The largest absolute Gasteiger partial charge is 0.373 e. The summed E-state index contributed by atoms with van der Waals surface area (Å²) in [6.45, 7) is 0. The predicted molar refractivity (Wildman–Crippen MR) is 58.1 cm³/mol. The molecule has 0 saturated heterocycles. The molecule has 1 aliphatic carbocycles. The fourth-order valence-electron chi connectivity index (χ4n) is 1.62. The van der Waals surface area contributed by atoms with Gasteiger partial charge in [-0.25, -0.2) is 4.98 Å². The third-order valence-corrected chi connectivity index (χ3v) is 2.75. The first-order valence-corrected chi connectivity index (χ1v) is 5.19. The number of anilines is 1. The molecule has 0 amide bonds. The summed E-state index contributed by atoms with van der Waals surface area (Å²) in [5.74, 6) is 1.77. The summed E-state index contributed by atoms with van der Waals surface area (Å²) in [6, 6.07) is 4.20. The highest BCUT2D eigenvalue weighted by atomic mass is 14.9. The molecule has 0 bridgehead atoms. The van der Waals surface area contributed by atoms with Gasteiger partial charge in [0.15, 0.2) is 0 Å². The summed E-state index contributed by atoms with van der Waals surface area (Å²) >= 11 is 0. The van der Waals surface area contributed by atoms with Crippen molar-refractivity contribution >= 4 is 5.82 Å². The van der Waals surface area contributed by atoms with Crippen molar-refractivity contribution in [3.8, 4) is 0 Å². The maximum Gasteiger partial charge on any atom is 0.125 e. The van der Waals surface area contributed by atoms with E-state index in [1.54, 1.807) is 0 Å². The molecule has 76 valence electrons. The van der Waals surface area contributed by atoms with Crippen LogP contribution in [0, 0.1) is 5.92 Å². The van der Waals surface area contributed by atoms with Crippen LogP contribution in [-0.2, 0) is 0 Å². The second-order valence-electron chi connectivity index (χ2n) is 4.01. The lowest BCUT2D eigenvalue weighted by Gasteiger charge is -2.11. The summed E-state index contributed by atoms with van der Waals surface area (Å²) in [5.41, 5.74) is 7.22. The average Bonchev–Trinajstić information content (AvgIpc) is 3.02. The maximum atomic E-state index is 6.07. The van der Waals surface area contributed by atoms with Gasteiger partial charge in [0.2, 0.25) is 0 Å². The van der Waals surface area contributed by atoms with Crippen molar-refractivity contribution in [1.29, 1.82) is 0 Å². The van der Waals surface area contributed by atoms with E-state index in [0.717, 1.165) is 23.7 Å². The van der Waals surface area contributed by atoms with Gasteiger partial charge in [-0.15, -0.1) is 0 Å². The molecular weight excluding hydrogens is 174 g/mol. The molecule has 3 nitrogen and oxygen atoms in total. The van der Waals surface area contributed by atoms with Gasteiger partial charge >= 0.3 is 0 Å². The van der Waals surface area contributed by atoms with Crippen LogP contribution in [0.2, 0.25) is 0 Å². The summed E-state index contributed by atoms with van der Waals surface area (Å²) in [5, 5.41) is 2.99. The zero-order valence-corrected chi connectivity index (χ0v) is 8.53. The minimum Gasteiger partial charge on any atom is -0.373 e. The lowest BCUT2D eigenvalue weighted by atomic mass is 10.0. The molecular formula is C11H17N3. The van der Waals surface area contributed by atoms with Crippen molar-refractivity contribution in [3.05, 3.63) is 23.9 Å². The number of pyridine rings is 1. The summed E-state index contributed by atoms with van der Waals surface area (Å²) in [7, 11) is 1.87. The van der Waals surface area contributed by atoms with Crippen molar-refractivity contribution in [1.82, 2.24) is 4.98 Å². The number of nitrogens with two attached hydrogens (primary N) is 1. The lowest BCUT2D eigenvalue weighted by Crippen LogP contribution is -2.11. The normalized spacial score (nSPS) is 17.9. The van der Waals surface area contributed by atoms with E-state index in [2.05, 4.69) is 16.4 Å². The van der Waals surface area contributed by atoms with E-state index in [1.165, 1.54) is 12.8 Å². The molecule has 3 N–H and O–H groups in total. The lowest BCUT2D eigenvalue weighted by molar-refractivity contribution is 0.595. The van der Waals surface area contributed by atoms with Gasteiger partial charge in [-0.3, -0.25) is 0 Å². The van der Waals surface area contributed by atoms with Crippen LogP contribution < -0.4 is 11.1 Å². The molecule has 3 heteroatoms. The molecule has 0 radical (unpaired) electrons. The maximum absolute atomic E-state index is 6.07. The number of hydrogen-bond acceptors (Lipinski definition) is 3. The summed E-state index contributed by atoms with van der Waals surface area (Å²) in [4.78, 5) is 4.25. The van der Waals surface area contributed by atoms with E-state index >= 15 is 0 Å². The fraction of sp³-hybridized carbons (Fsp3) is 0.545. The number of nitrogens with zero attached hydrogens (tertiary/aromatic N) is 1. The van der Waals surface area contributed by atoms with Gasteiger partial charge in [0.05, 0.1) is 0 Å². The van der Waals surface area contributed by atoms with Gasteiger partial charge in [-0.2, -0.15) is 0 Å². The highest BCUT2D eigenvalue weighted by molar-refractivity contribution is 5.35.